The van der Waals surface area contributed by atoms with Crippen LogP contribution in [0.3, 0.4) is 0 Å². The number of oxime groups is 1. The zero-order chi connectivity index (χ0) is 14.5. The predicted molar refractivity (Wildman–Crippen MR) is 77.4 cm³/mol. The molecule has 0 fully saturated rings. The molecule has 0 aromatic heterocycles. The van der Waals surface area contributed by atoms with Gasteiger partial charge in [0, 0.05) is 5.56 Å². The Morgan fingerprint density at radius 2 is 1.95 bits per heavy atom. The van der Waals surface area contributed by atoms with E-state index in [1.165, 1.54) is 6.07 Å². The lowest BCUT2D eigenvalue weighted by Gasteiger charge is -2.07. The molecular formula is C14H12BrFN2O2. The molecule has 0 spiro atoms. The lowest BCUT2D eigenvalue weighted by molar-refractivity contribution is 0.305. The maximum Gasteiger partial charge on any atom is 0.170 e. The van der Waals surface area contributed by atoms with E-state index in [9.17, 15) is 4.39 Å². The van der Waals surface area contributed by atoms with Gasteiger partial charge < -0.3 is 15.7 Å². The molecule has 4 nitrogen and oxygen atoms in total. The first-order valence-corrected chi connectivity index (χ1v) is 6.54. The quantitative estimate of drug-likeness (QED) is 0.389. The van der Waals surface area contributed by atoms with Gasteiger partial charge >= 0.3 is 0 Å². The summed E-state index contributed by atoms with van der Waals surface area (Å²) in [6.45, 7) is 0.342. The van der Waals surface area contributed by atoms with E-state index >= 15 is 0 Å². The van der Waals surface area contributed by atoms with E-state index in [1.54, 1.807) is 24.3 Å². The second kappa shape index (κ2) is 6.38. The van der Waals surface area contributed by atoms with Crippen LogP contribution in [0.15, 0.2) is 52.1 Å². The summed E-state index contributed by atoms with van der Waals surface area (Å²) in [5.41, 5.74) is 7.01. The zero-order valence-corrected chi connectivity index (χ0v) is 12.0. The van der Waals surface area contributed by atoms with Crippen LogP contribution < -0.4 is 10.5 Å². The maximum atomic E-state index is 13.1. The Hall–Kier alpha value is -2.08. The number of halogens is 2. The van der Waals surface area contributed by atoms with Crippen LogP contribution in [0.1, 0.15) is 11.1 Å². The Morgan fingerprint density at radius 1 is 1.25 bits per heavy atom. The summed E-state index contributed by atoms with van der Waals surface area (Å²) in [5.74, 6) is 0.291. The third-order valence-electron chi connectivity index (χ3n) is 2.65. The van der Waals surface area contributed by atoms with Crippen LogP contribution in [-0.4, -0.2) is 11.0 Å². The SMILES string of the molecule is N/C(=N/O)c1ccc(COc2ccc(F)c(Br)c2)cc1. The highest BCUT2D eigenvalue weighted by molar-refractivity contribution is 9.10. The summed E-state index contributed by atoms with van der Waals surface area (Å²) in [4.78, 5) is 0. The minimum absolute atomic E-state index is 0.0555. The average Bonchev–Trinajstić information content (AvgIpc) is 2.48. The standard InChI is InChI=1S/C14H12BrFN2O2/c15-12-7-11(5-6-13(12)16)20-8-9-1-3-10(4-2-9)14(17)18-19/h1-7,19H,8H2,(H2,17,18). The number of amidine groups is 1. The van der Waals surface area contributed by atoms with Gasteiger partial charge in [0.1, 0.15) is 18.2 Å². The summed E-state index contributed by atoms with van der Waals surface area (Å²) >= 11 is 3.10. The molecule has 6 heteroatoms. The smallest absolute Gasteiger partial charge is 0.170 e. The van der Waals surface area contributed by atoms with Crippen molar-refractivity contribution in [2.24, 2.45) is 10.9 Å². The molecular weight excluding hydrogens is 327 g/mol. The largest absolute Gasteiger partial charge is 0.489 e. The van der Waals surface area contributed by atoms with Gasteiger partial charge in [0.05, 0.1) is 4.47 Å². The molecule has 0 radical (unpaired) electrons. The molecule has 0 bridgehead atoms. The third kappa shape index (κ3) is 3.48. The molecule has 20 heavy (non-hydrogen) atoms. The van der Waals surface area contributed by atoms with Crippen LogP contribution in [0.4, 0.5) is 4.39 Å². The van der Waals surface area contributed by atoms with E-state index in [2.05, 4.69) is 21.1 Å². The molecule has 104 valence electrons. The summed E-state index contributed by atoms with van der Waals surface area (Å²) in [6.07, 6.45) is 0. The summed E-state index contributed by atoms with van der Waals surface area (Å²) in [7, 11) is 0. The fourth-order valence-corrected chi connectivity index (χ4v) is 1.92. The first-order chi connectivity index (χ1) is 9.60. The van der Waals surface area contributed by atoms with Gasteiger partial charge in [-0.3, -0.25) is 0 Å². The topological polar surface area (TPSA) is 67.8 Å². The van der Waals surface area contributed by atoms with Crippen molar-refractivity contribution >= 4 is 21.8 Å². The summed E-state index contributed by atoms with van der Waals surface area (Å²) in [6, 6.07) is 11.5. The van der Waals surface area contributed by atoms with E-state index < -0.39 is 0 Å². The summed E-state index contributed by atoms with van der Waals surface area (Å²) < 4.78 is 19.0. The van der Waals surface area contributed by atoms with Gasteiger partial charge in [-0.2, -0.15) is 0 Å². The number of nitrogens with zero attached hydrogens (tertiary/aromatic N) is 1. The number of ether oxygens (including phenoxy) is 1. The minimum Gasteiger partial charge on any atom is -0.489 e. The third-order valence-corrected chi connectivity index (χ3v) is 3.26. The van der Waals surface area contributed by atoms with Crippen LogP contribution >= 0.6 is 15.9 Å². The van der Waals surface area contributed by atoms with Gasteiger partial charge in [-0.1, -0.05) is 29.4 Å². The first kappa shape index (κ1) is 14.3. The molecule has 0 aliphatic heterocycles. The lowest BCUT2D eigenvalue weighted by Crippen LogP contribution is -2.12. The Kier molecular flexibility index (Phi) is 4.57. The van der Waals surface area contributed by atoms with E-state index in [0.29, 0.717) is 22.4 Å². The molecule has 0 aliphatic rings. The van der Waals surface area contributed by atoms with Gasteiger partial charge in [0.15, 0.2) is 5.84 Å². The van der Waals surface area contributed by atoms with Crippen molar-refractivity contribution in [3.05, 3.63) is 63.9 Å². The second-order valence-electron chi connectivity index (χ2n) is 4.05. The number of rotatable bonds is 4. The van der Waals surface area contributed by atoms with Crippen molar-refractivity contribution in [3.8, 4) is 5.75 Å². The molecule has 2 aromatic rings. The maximum absolute atomic E-state index is 13.1. The van der Waals surface area contributed by atoms with Crippen molar-refractivity contribution < 1.29 is 14.3 Å². The Bertz CT molecular complexity index is 630. The highest BCUT2D eigenvalue weighted by atomic mass is 79.9. The van der Waals surface area contributed by atoms with E-state index in [0.717, 1.165) is 5.56 Å². The van der Waals surface area contributed by atoms with Gasteiger partial charge in [0.2, 0.25) is 0 Å². The number of benzene rings is 2. The van der Waals surface area contributed by atoms with Crippen LogP contribution in [0.2, 0.25) is 0 Å². The van der Waals surface area contributed by atoms with Gasteiger partial charge in [-0.05, 0) is 39.7 Å². The molecule has 0 amide bonds. The van der Waals surface area contributed by atoms with Crippen molar-refractivity contribution in [1.29, 1.82) is 0 Å². The first-order valence-electron chi connectivity index (χ1n) is 5.75. The molecule has 2 aromatic carbocycles. The molecule has 0 saturated carbocycles. The van der Waals surface area contributed by atoms with E-state index in [1.807, 2.05) is 12.1 Å². The lowest BCUT2D eigenvalue weighted by atomic mass is 10.1. The average molecular weight is 339 g/mol. The highest BCUT2D eigenvalue weighted by Crippen LogP contribution is 2.22. The fraction of sp³-hybridized carbons (Fsp3) is 0.0714. The normalized spacial score (nSPS) is 11.4. The second-order valence-corrected chi connectivity index (χ2v) is 4.90. The molecule has 3 N–H and O–H groups in total. The van der Waals surface area contributed by atoms with Crippen molar-refractivity contribution in [2.45, 2.75) is 6.61 Å². The van der Waals surface area contributed by atoms with Gasteiger partial charge in [0.25, 0.3) is 0 Å². The molecule has 0 heterocycles. The number of hydrogen-bond donors (Lipinski definition) is 2. The van der Waals surface area contributed by atoms with Crippen LogP contribution in [0.5, 0.6) is 5.75 Å². The monoisotopic (exact) mass is 338 g/mol. The van der Waals surface area contributed by atoms with Crippen LogP contribution in [-0.2, 0) is 6.61 Å². The Balaban J connectivity index is 2.02. The minimum atomic E-state index is -0.333. The van der Waals surface area contributed by atoms with Crippen molar-refractivity contribution in [1.82, 2.24) is 0 Å². The molecule has 2 rings (SSSR count). The Morgan fingerprint density at radius 3 is 2.55 bits per heavy atom. The number of hydrogen-bond acceptors (Lipinski definition) is 3. The predicted octanol–water partition coefficient (Wildman–Crippen LogP) is 3.26. The van der Waals surface area contributed by atoms with Crippen molar-refractivity contribution in [2.75, 3.05) is 0 Å². The molecule has 0 saturated heterocycles. The van der Waals surface area contributed by atoms with Crippen LogP contribution in [0, 0.1) is 5.82 Å². The molecule has 0 aliphatic carbocycles. The molecule has 0 unspecified atom stereocenters. The van der Waals surface area contributed by atoms with Gasteiger partial charge in [-0.15, -0.1) is 0 Å². The van der Waals surface area contributed by atoms with Gasteiger partial charge in [-0.25, -0.2) is 4.39 Å². The number of nitrogens with two attached hydrogens (primary N) is 1. The fourth-order valence-electron chi connectivity index (χ4n) is 1.56. The highest BCUT2D eigenvalue weighted by Gasteiger charge is 2.03. The van der Waals surface area contributed by atoms with Crippen molar-refractivity contribution in [3.63, 3.8) is 0 Å². The summed E-state index contributed by atoms with van der Waals surface area (Å²) in [5, 5.41) is 11.5. The zero-order valence-electron chi connectivity index (χ0n) is 10.4. The van der Waals surface area contributed by atoms with E-state index in [4.69, 9.17) is 15.7 Å². The van der Waals surface area contributed by atoms with Crippen LogP contribution in [0.25, 0.3) is 0 Å². The Labute approximate surface area is 123 Å². The van der Waals surface area contributed by atoms with E-state index in [-0.39, 0.29) is 11.7 Å². The molecule has 0 atom stereocenters.